The second-order valence-electron chi connectivity index (χ2n) is 5.01. The van der Waals surface area contributed by atoms with Crippen molar-refractivity contribution < 1.29 is 19.4 Å². The molecule has 7 nitrogen and oxygen atoms in total. The highest BCUT2D eigenvalue weighted by Gasteiger charge is 2.26. The van der Waals surface area contributed by atoms with Crippen LogP contribution in [-0.4, -0.2) is 28.7 Å². The van der Waals surface area contributed by atoms with Crippen molar-refractivity contribution in [1.82, 2.24) is 4.57 Å². The van der Waals surface area contributed by atoms with Gasteiger partial charge in [0.1, 0.15) is 6.07 Å². The molecule has 0 aliphatic heterocycles. The van der Waals surface area contributed by atoms with E-state index in [0.29, 0.717) is 11.1 Å². The molecule has 0 aliphatic carbocycles. The third kappa shape index (κ3) is 2.51. The summed E-state index contributed by atoms with van der Waals surface area (Å²) in [4.78, 5) is 23.7. The molecule has 23 heavy (non-hydrogen) atoms. The van der Waals surface area contributed by atoms with E-state index in [2.05, 4.69) is 0 Å². The van der Waals surface area contributed by atoms with Crippen molar-refractivity contribution in [3.05, 3.63) is 46.3 Å². The highest BCUT2D eigenvalue weighted by atomic mass is 16.5. The van der Waals surface area contributed by atoms with Gasteiger partial charge in [-0.3, -0.25) is 0 Å². The summed E-state index contributed by atoms with van der Waals surface area (Å²) in [6.45, 7) is 3.37. The van der Waals surface area contributed by atoms with E-state index in [1.54, 1.807) is 26.0 Å². The number of esters is 1. The first-order valence-electron chi connectivity index (χ1n) is 6.66. The Hall–Kier alpha value is -3.27. The molecule has 2 rings (SSSR count). The van der Waals surface area contributed by atoms with Gasteiger partial charge in [0.2, 0.25) is 0 Å². The number of nitrogen functional groups attached to an aromatic ring is 1. The van der Waals surface area contributed by atoms with Crippen LogP contribution in [0.2, 0.25) is 0 Å². The summed E-state index contributed by atoms with van der Waals surface area (Å²) >= 11 is 0. The lowest BCUT2D eigenvalue weighted by Crippen LogP contribution is -2.15. The van der Waals surface area contributed by atoms with Crippen molar-refractivity contribution in [3.63, 3.8) is 0 Å². The number of rotatable bonds is 3. The number of nitrogens with zero attached hydrogens (tertiary/aromatic N) is 2. The Labute approximate surface area is 132 Å². The zero-order chi connectivity index (χ0) is 17.3. The van der Waals surface area contributed by atoms with E-state index in [1.807, 2.05) is 6.07 Å². The molecule has 0 amide bonds. The molecule has 0 spiro atoms. The molecular formula is C16H15N3O4. The number of carboxylic acids is 1. The summed E-state index contributed by atoms with van der Waals surface area (Å²) in [5.41, 5.74) is 7.28. The first kappa shape index (κ1) is 16.1. The number of nitriles is 1. The van der Waals surface area contributed by atoms with Crippen LogP contribution in [0.3, 0.4) is 0 Å². The number of aromatic nitrogens is 1. The zero-order valence-electron chi connectivity index (χ0n) is 12.9. The van der Waals surface area contributed by atoms with E-state index in [0.717, 1.165) is 0 Å². The average molecular weight is 313 g/mol. The maximum absolute atomic E-state index is 12.1. The third-order valence-corrected chi connectivity index (χ3v) is 3.59. The fourth-order valence-electron chi connectivity index (χ4n) is 2.47. The van der Waals surface area contributed by atoms with Crippen molar-refractivity contribution in [3.8, 4) is 11.8 Å². The van der Waals surface area contributed by atoms with Gasteiger partial charge in [-0.1, -0.05) is 12.1 Å². The van der Waals surface area contributed by atoms with Crippen molar-refractivity contribution in [2.45, 2.75) is 13.8 Å². The Morgan fingerprint density at radius 3 is 2.43 bits per heavy atom. The predicted octanol–water partition coefficient (Wildman–Crippen LogP) is 2.03. The summed E-state index contributed by atoms with van der Waals surface area (Å²) in [6, 6.07) is 5.30. The number of aromatic carboxylic acids is 1. The monoisotopic (exact) mass is 313 g/mol. The average Bonchev–Trinajstić information content (AvgIpc) is 2.84. The number of methoxy groups -OCH3 is 1. The number of nitrogens with two attached hydrogens (primary N) is 1. The summed E-state index contributed by atoms with van der Waals surface area (Å²) in [6.07, 6.45) is 1.34. The molecule has 0 saturated carbocycles. The van der Waals surface area contributed by atoms with Crippen molar-refractivity contribution in [2.75, 3.05) is 12.8 Å². The summed E-state index contributed by atoms with van der Waals surface area (Å²) < 4.78 is 6.02. The molecule has 1 aromatic heterocycles. The molecule has 2 aromatic rings. The van der Waals surface area contributed by atoms with Gasteiger partial charge in [0, 0.05) is 6.20 Å². The molecule has 3 N–H and O–H groups in total. The maximum Gasteiger partial charge on any atom is 0.357 e. The van der Waals surface area contributed by atoms with Crippen LogP contribution < -0.4 is 5.73 Å². The standard InChI is InChI=1S/C16H15N3O4/c1-8-4-5-9(2)13(11(8)15(20)21)19-7-10(6-17)12(18)14(19)16(22)23-3/h4-5,7H,18H2,1-3H3,(H,20,21). The highest BCUT2D eigenvalue weighted by Crippen LogP contribution is 2.30. The third-order valence-electron chi connectivity index (χ3n) is 3.59. The first-order chi connectivity index (χ1) is 10.8. The van der Waals surface area contributed by atoms with Crippen LogP contribution in [0.5, 0.6) is 0 Å². The molecule has 118 valence electrons. The number of carboxylic acid groups (broad SMARTS) is 1. The summed E-state index contributed by atoms with van der Waals surface area (Å²) in [5.74, 6) is -1.89. The van der Waals surface area contributed by atoms with Gasteiger partial charge in [0.15, 0.2) is 5.69 Å². The molecule has 0 atom stereocenters. The number of carbonyl (C=O) groups is 2. The Morgan fingerprint density at radius 2 is 1.91 bits per heavy atom. The lowest BCUT2D eigenvalue weighted by Gasteiger charge is -2.16. The van der Waals surface area contributed by atoms with Crippen molar-refractivity contribution in [2.24, 2.45) is 0 Å². The van der Waals surface area contributed by atoms with E-state index < -0.39 is 11.9 Å². The second kappa shape index (κ2) is 5.85. The molecule has 7 heteroatoms. The Kier molecular flexibility index (Phi) is 4.10. The second-order valence-corrected chi connectivity index (χ2v) is 5.01. The lowest BCUT2D eigenvalue weighted by atomic mass is 10.0. The van der Waals surface area contributed by atoms with Gasteiger partial charge in [-0.2, -0.15) is 5.26 Å². The molecule has 0 fully saturated rings. The van der Waals surface area contributed by atoms with E-state index in [1.165, 1.54) is 17.9 Å². The molecular weight excluding hydrogens is 298 g/mol. The topological polar surface area (TPSA) is 118 Å². The largest absolute Gasteiger partial charge is 0.478 e. The van der Waals surface area contributed by atoms with Gasteiger partial charge in [-0.25, -0.2) is 9.59 Å². The van der Waals surface area contributed by atoms with Gasteiger partial charge in [0.05, 0.1) is 29.6 Å². The van der Waals surface area contributed by atoms with Crippen LogP contribution in [0.1, 0.15) is 37.5 Å². The number of hydrogen-bond acceptors (Lipinski definition) is 5. The van der Waals surface area contributed by atoms with E-state index in [4.69, 9.17) is 15.7 Å². The molecule has 0 saturated heterocycles. The molecule has 1 aromatic carbocycles. The fourth-order valence-corrected chi connectivity index (χ4v) is 2.47. The van der Waals surface area contributed by atoms with E-state index in [-0.39, 0.29) is 28.2 Å². The number of ether oxygens (including phenoxy) is 1. The van der Waals surface area contributed by atoms with Crippen molar-refractivity contribution >= 4 is 17.6 Å². The summed E-state index contributed by atoms with van der Waals surface area (Å²) in [7, 11) is 1.19. The van der Waals surface area contributed by atoms with Crippen LogP contribution in [0.25, 0.3) is 5.69 Å². The number of anilines is 1. The molecule has 1 heterocycles. The Morgan fingerprint density at radius 1 is 1.30 bits per heavy atom. The van der Waals surface area contributed by atoms with Crippen LogP contribution in [0.15, 0.2) is 18.3 Å². The van der Waals surface area contributed by atoms with Crippen LogP contribution >= 0.6 is 0 Å². The number of hydrogen-bond donors (Lipinski definition) is 2. The number of benzene rings is 1. The van der Waals surface area contributed by atoms with Gasteiger partial charge in [0.25, 0.3) is 0 Å². The quantitative estimate of drug-likeness (QED) is 0.837. The fraction of sp³-hybridized carbons (Fsp3) is 0.188. The van der Waals surface area contributed by atoms with Gasteiger partial charge < -0.3 is 20.1 Å². The van der Waals surface area contributed by atoms with Gasteiger partial charge >= 0.3 is 11.9 Å². The molecule has 0 aliphatic rings. The van der Waals surface area contributed by atoms with E-state index >= 15 is 0 Å². The minimum Gasteiger partial charge on any atom is -0.478 e. The Balaban J connectivity index is 2.94. The smallest absolute Gasteiger partial charge is 0.357 e. The number of carbonyl (C=O) groups excluding carboxylic acids is 1. The molecule has 0 bridgehead atoms. The zero-order valence-corrected chi connectivity index (χ0v) is 12.9. The SMILES string of the molecule is COC(=O)c1c(N)c(C#N)cn1-c1c(C)ccc(C)c1C(=O)O. The summed E-state index contributed by atoms with van der Waals surface area (Å²) in [5, 5.41) is 18.7. The van der Waals surface area contributed by atoms with Crippen LogP contribution in [-0.2, 0) is 4.74 Å². The highest BCUT2D eigenvalue weighted by molar-refractivity contribution is 5.99. The number of aryl methyl sites for hydroxylation is 2. The van der Waals surface area contributed by atoms with Crippen LogP contribution in [0.4, 0.5) is 5.69 Å². The minimum absolute atomic E-state index is 0.0367. The molecule has 0 unspecified atom stereocenters. The van der Waals surface area contributed by atoms with Gasteiger partial charge in [-0.05, 0) is 25.0 Å². The Bertz CT molecular complexity index is 859. The van der Waals surface area contributed by atoms with Crippen LogP contribution in [0, 0.1) is 25.2 Å². The first-order valence-corrected chi connectivity index (χ1v) is 6.66. The van der Waals surface area contributed by atoms with Crippen molar-refractivity contribution in [1.29, 1.82) is 5.26 Å². The molecule has 0 radical (unpaired) electrons. The lowest BCUT2D eigenvalue weighted by molar-refractivity contribution is 0.0590. The maximum atomic E-state index is 12.1. The van der Waals surface area contributed by atoms with Gasteiger partial charge in [-0.15, -0.1) is 0 Å². The minimum atomic E-state index is -1.14. The normalized spacial score (nSPS) is 10.2. The predicted molar refractivity (Wildman–Crippen MR) is 82.7 cm³/mol. The van der Waals surface area contributed by atoms with E-state index in [9.17, 15) is 14.7 Å².